The van der Waals surface area contributed by atoms with Gasteiger partial charge in [0.15, 0.2) is 0 Å². The van der Waals surface area contributed by atoms with Crippen molar-refractivity contribution in [2.75, 3.05) is 14.7 Å². The summed E-state index contributed by atoms with van der Waals surface area (Å²) in [5.41, 5.74) is 14.9. The molecular weight excluding hydrogens is 1010 g/mol. The molecule has 6 heteroatoms. The number of aromatic nitrogens is 1. The first-order valence-electron chi connectivity index (χ1n) is 23.0. The fourth-order valence-corrected chi connectivity index (χ4v) is 8.79. The number of rotatable bonds is 10. The molecule has 10 rings (SSSR count). The second kappa shape index (κ2) is 19.2. The van der Waals surface area contributed by atoms with E-state index in [1.807, 2.05) is 30.5 Å². The molecule has 2 heterocycles. The minimum atomic E-state index is -0.106. The molecule has 0 unspecified atom stereocenters. The van der Waals surface area contributed by atoms with Crippen LogP contribution in [-0.4, -0.2) is 4.98 Å². The molecule has 0 N–H and O–H groups in total. The predicted molar refractivity (Wildman–Crippen MR) is 278 cm³/mol. The zero-order valence-electron chi connectivity index (χ0n) is 39.2. The van der Waals surface area contributed by atoms with E-state index >= 15 is 0 Å². The summed E-state index contributed by atoms with van der Waals surface area (Å²) in [5, 5.41) is 0. The number of nitrogens with zero attached hydrogens (tertiary/aromatic N) is 4. The zero-order chi connectivity index (χ0) is 46.1. The van der Waals surface area contributed by atoms with Crippen molar-refractivity contribution in [3.8, 4) is 44.9 Å². The summed E-state index contributed by atoms with van der Waals surface area (Å²) in [6, 6.07) is 77.4. The summed E-state index contributed by atoms with van der Waals surface area (Å²) in [4.78, 5) is 11.8. The van der Waals surface area contributed by atoms with Crippen molar-refractivity contribution in [1.82, 2.24) is 4.98 Å². The number of para-hydroxylation sites is 3. The summed E-state index contributed by atoms with van der Waals surface area (Å²) >= 11 is 0. The van der Waals surface area contributed by atoms with Crippen LogP contribution in [0.25, 0.3) is 33.4 Å². The van der Waals surface area contributed by atoms with Crippen LogP contribution in [0.2, 0.25) is 0 Å². The monoisotopic (exact) mass is 1060 g/mol. The van der Waals surface area contributed by atoms with Gasteiger partial charge in [0.05, 0.1) is 5.69 Å². The van der Waals surface area contributed by atoms with E-state index in [0.717, 1.165) is 67.8 Å². The molecule has 340 valence electrons. The molecule has 1 aliphatic rings. The topological polar surface area (TPSA) is 31.8 Å². The summed E-state index contributed by atoms with van der Waals surface area (Å²) in [7, 11) is 0. The van der Waals surface area contributed by atoms with E-state index in [-0.39, 0.29) is 31.9 Å². The molecule has 1 aliphatic heterocycles. The van der Waals surface area contributed by atoms with Crippen LogP contribution in [0.1, 0.15) is 52.7 Å². The molecule has 5 nitrogen and oxygen atoms in total. The molecule has 1 aromatic heterocycles. The second-order valence-electron chi connectivity index (χ2n) is 19.0. The maximum Gasteiger partial charge on any atom is 0.135 e. The fraction of sp³-hybridized carbons (Fsp3) is 0.129. The molecule has 0 fully saturated rings. The third-order valence-electron chi connectivity index (χ3n) is 12.3. The Morgan fingerprint density at radius 3 is 1.59 bits per heavy atom. The summed E-state index contributed by atoms with van der Waals surface area (Å²) in [6.45, 7) is 15.7. The Hall–Kier alpha value is -7.20. The van der Waals surface area contributed by atoms with E-state index in [9.17, 15) is 0 Å². The number of anilines is 7. The van der Waals surface area contributed by atoms with Gasteiger partial charge >= 0.3 is 0 Å². The predicted octanol–water partition coefficient (Wildman–Crippen LogP) is 16.9. The first-order chi connectivity index (χ1) is 32.5. The minimum absolute atomic E-state index is 0. The van der Waals surface area contributed by atoms with Crippen LogP contribution < -0.4 is 19.4 Å². The Labute approximate surface area is 416 Å². The van der Waals surface area contributed by atoms with E-state index in [2.05, 4.69) is 251 Å². The van der Waals surface area contributed by atoms with Gasteiger partial charge in [-0.3, -0.25) is 0 Å². The molecule has 0 atom stereocenters. The van der Waals surface area contributed by atoms with Gasteiger partial charge in [0.2, 0.25) is 0 Å². The molecule has 0 radical (unpaired) electrons. The van der Waals surface area contributed by atoms with Gasteiger partial charge in [0.25, 0.3) is 0 Å². The van der Waals surface area contributed by atoms with E-state index in [4.69, 9.17) is 9.72 Å². The van der Waals surface area contributed by atoms with Crippen LogP contribution in [0.4, 0.5) is 39.9 Å². The van der Waals surface area contributed by atoms with Crippen LogP contribution in [0.3, 0.4) is 0 Å². The Kier molecular flexibility index (Phi) is 13.0. The molecular formula is C62H53N4OPt-3. The van der Waals surface area contributed by atoms with Crippen LogP contribution in [0.5, 0.6) is 11.5 Å². The first kappa shape index (κ1) is 45.9. The molecule has 0 saturated heterocycles. The quantitative estimate of drug-likeness (QED) is 0.127. The molecule has 0 amide bonds. The van der Waals surface area contributed by atoms with Crippen molar-refractivity contribution in [1.29, 1.82) is 0 Å². The third kappa shape index (κ3) is 9.37. The number of benzene rings is 8. The molecule has 68 heavy (non-hydrogen) atoms. The summed E-state index contributed by atoms with van der Waals surface area (Å²) < 4.78 is 6.77. The van der Waals surface area contributed by atoms with Gasteiger partial charge in [-0.1, -0.05) is 181 Å². The van der Waals surface area contributed by atoms with Crippen LogP contribution in [0, 0.1) is 18.8 Å². The van der Waals surface area contributed by atoms with Gasteiger partial charge < -0.3 is 19.4 Å². The van der Waals surface area contributed by atoms with Gasteiger partial charge in [-0.05, 0) is 69.0 Å². The average Bonchev–Trinajstić information content (AvgIpc) is 3.74. The van der Waals surface area contributed by atoms with E-state index in [1.54, 1.807) is 0 Å². The molecule has 9 aromatic rings. The van der Waals surface area contributed by atoms with E-state index in [0.29, 0.717) is 11.5 Å². The van der Waals surface area contributed by atoms with Crippen molar-refractivity contribution in [3.63, 3.8) is 0 Å². The summed E-state index contributed by atoms with van der Waals surface area (Å²) in [5.74, 6) is 1.91. The van der Waals surface area contributed by atoms with Gasteiger partial charge in [-0.25, -0.2) is 4.98 Å². The summed E-state index contributed by atoms with van der Waals surface area (Å²) in [6.07, 6.45) is 1.91. The number of fused-ring (bicyclic) bond motifs is 1. The van der Waals surface area contributed by atoms with Crippen LogP contribution in [-0.2, 0) is 31.9 Å². The number of hydrogen-bond donors (Lipinski definition) is 0. The number of hydrogen-bond acceptors (Lipinski definition) is 5. The van der Waals surface area contributed by atoms with Crippen LogP contribution in [0.15, 0.2) is 206 Å². The van der Waals surface area contributed by atoms with Crippen LogP contribution >= 0.6 is 0 Å². The Bertz CT molecular complexity index is 3120. The van der Waals surface area contributed by atoms with E-state index in [1.165, 1.54) is 16.7 Å². The van der Waals surface area contributed by atoms with Crippen molar-refractivity contribution < 1.29 is 25.8 Å². The Balaban J connectivity index is 0.00000578. The zero-order valence-corrected chi connectivity index (χ0v) is 41.5. The first-order valence-corrected chi connectivity index (χ1v) is 23.0. The smallest absolute Gasteiger partial charge is 0.135 e. The van der Waals surface area contributed by atoms with Crippen molar-refractivity contribution in [3.05, 3.63) is 236 Å². The van der Waals surface area contributed by atoms with Gasteiger partial charge in [-0.2, -0.15) is 12.1 Å². The SMILES string of the molecule is CC(C)(C)c1ccnc(N(c2[c-]c(Oc3[c-]c(N4[CH-]N(c5cc(C(C)(C)C)ccc5-c5ccccc5)c5ccccc54)ccc3)ccc2)c2c(-c3ccccc3)cccc2-c2ccccc2)c1.[Pt]. The average molecular weight is 1070 g/mol. The molecule has 0 saturated carbocycles. The fourth-order valence-electron chi connectivity index (χ4n) is 8.79. The molecule has 0 bridgehead atoms. The van der Waals surface area contributed by atoms with Gasteiger partial charge in [-0.15, -0.1) is 48.8 Å². The standard InChI is InChI=1S/C62H53N4O.Pt/c1-61(2,3)47-35-36-53(44-21-10-7-11-22-44)58(39-47)65-43-64(56-33-16-17-34-57(56)65)49-27-18-29-51(41-49)67-52-30-19-28-50(42-52)66(59-40-48(37-38-63-59)62(4,5)6)60-54(45-23-12-8-13-24-45)31-20-32-55(60)46-25-14-9-15-26-46;/h7-40,43H,1-6H3;/q-3;. The minimum Gasteiger partial charge on any atom is -0.509 e. The van der Waals surface area contributed by atoms with E-state index < -0.39 is 0 Å². The van der Waals surface area contributed by atoms with Gasteiger partial charge in [0, 0.05) is 72.5 Å². The van der Waals surface area contributed by atoms with Crippen molar-refractivity contribution >= 4 is 39.9 Å². The van der Waals surface area contributed by atoms with Crippen molar-refractivity contribution in [2.24, 2.45) is 0 Å². The second-order valence-corrected chi connectivity index (χ2v) is 19.0. The Morgan fingerprint density at radius 2 is 0.985 bits per heavy atom. The molecule has 8 aromatic carbocycles. The Morgan fingerprint density at radius 1 is 0.471 bits per heavy atom. The molecule has 0 aliphatic carbocycles. The number of pyridine rings is 1. The largest absolute Gasteiger partial charge is 0.509 e. The normalized spacial score (nSPS) is 12.3. The maximum atomic E-state index is 6.77. The third-order valence-corrected chi connectivity index (χ3v) is 12.3. The van der Waals surface area contributed by atoms with Crippen molar-refractivity contribution in [2.45, 2.75) is 52.4 Å². The maximum absolute atomic E-state index is 6.77. The van der Waals surface area contributed by atoms with Gasteiger partial charge in [0.1, 0.15) is 5.82 Å². The number of ether oxygens (including phenoxy) is 1. The molecule has 0 spiro atoms.